The second-order valence-corrected chi connectivity index (χ2v) is 4.38. The molecule has 2 N–H and O–H groups in total. The van der Waals surface area contributed by atoms with Crippen molar-refractivity contribution in [2.45, 2.75) is 11.8 Å². The highest BCUT2D eigenvalue weighted by Crippen LogP contribution is 2.25. The van der Waals surface area contributed by atoms with E-state index in [1.54, 1.807) is 18.2 Å². The number of hydrogen-bond donors (Lipinski definition) is 1. The molecule has 1 aromatic carbocycles. The van der Waals surface area contributed by atoms with Crippen LogP contribution in [-0.2, 0) is 10.8 Å². The van der Waals surface area contributed by atoms with Crippen molar-refractivity contribution in [3.8, 4) is 0 Å². The molecule has 66 valence electrons. The Bertz CT molecular complexity index is 294. The zero-order valence-corrected chi connectivity index (χ0v) is 8.28. The minimum atomic E-state index is -1.07. The Kier molecular flexibility index (Phi) is 3.12. The molecule has 0 bridgehead atoms. The molecule has 0 aliphatic carbocycles. The molecular weight excluding hydrogens is 194 g/mol. The van der Waals surface area contributed by atoms with Crippen LogP contribution in [-0.4, -0.2) is 9.96 Å². The molecule has 0 radical (unpaired) electrons. The third-order valence-electron chi connectivity index (χ3n) is 1.49. The smallest absolute Gasteiger partial charge is 0.0803 e. The third-order valence-corrected chi connectivity index (χ3v) is 3.35. The van der Waals surface area contributed by atoms with E-state index in [0.29, 0.717) is 21.4 Å². The molecule has 12 heavy (non-hydrogen) atoms. The quantitative estimate of drug-likeness (QED) is 0.748. The number of rotatable bonds is 2. The summed E-state index contributed by atoms with van der Waals surface area (Å²) in [6.45, 7) is 1.83. The van der Waals surface area contributed by atoms with Crippen molar-refractivity contribution in [2.24, 2.45) is 0 Å². The highest BCUT2D eigenvalue weighted by atomic mass is 35.5. The average Bonchev–Trinajstić information content (AvgIpc) is 2.03. The molecule has 0 amide bonds. The van der Waals surface area contributed by atoms with Gasteiger partial charge >= 0.3 is 0 Å². The van der Waals surface area contributed by atoms with Gasteiger partial charge in [-0.15, -0.1) is 0 Å². The second kappa shape index (κ2) is 3.92. The lowest BCUT2D eigenvalue weighted by atomic mass is 10.3. The first kappa shape index (κ1) is 9.55. The Balaban J connectivity index is 3.21. The molecule has 1 aromatic rings. The number of nitrogen functional groups attached to an aromatic ring is 1. The molecule has 2 nitrogen and oxygen atoms in total. The summed E-state index contributed by atoms with van der Waals surface area (Å²) in [5.41, 5.74) is 6.12. The molecule has 0 aliphatic heterocycles. The van der Waals surface area contributed by atoms with Crippen molar-refractivity contribution in [1.82, 2.24) is 0 Å². The lowest BCUT2D eigenvalue weighted by Gasteiger charge is -2.04. The lowest BCUT2D eigenvalue weighted by Crippen LogP contribution is -2.00. The van der Waals surface area contributed by atoms with Gasteiger partial charge in [0.15, 0.2) is 0 Å². The van der Waals surface area contributed by atoms with Crippen LogP contribution < -0.4 is 5.73 Å². The topological polar surface area (TPSA) is 43.1 Å². The molecule has 0 aromatic heterocycles. The van der Waals surface area contributed by atoms with Gasteiger partial charge in [-0.05, 0) is 12.1 Å². The van der Waals surface area contributed by atoms with Crippen LogP contribution in [0.4, 0.5) is 5.69 Å². The molecule has 1 rings (SSSR count). The van der Waals surface area contributed by atoms with Gasteiger partial charge in [-0.1, -0.05) is 24.6 Å². The van der Waals surface area contributed by atoms with Crippen molar-refractivity contribution in [2.75, 3.05) is 11.5 Å². The Morgan fingerprint density at radius 3 is 2.75 bits per heavy atom. The minimum Gasteiger partial charge on any atom is -0.398 e. The Morgan fingerprint density at radius 2 is 2.25 bits per heavy atom. The van der Waals surface area contributed by atoms with Crippen molar-refractivity contribution in [3.05, 3.63) is 23.2 Å². The van der Waals surface area contributed by atoms with Crippen LogP contribution in [0.1, 0.15) is 6.92 Å². The molecule has 0 saturated heterocycles. The standard InChI is InChI=1S/C8H10ClNOS/c1-2-12(11)8-6(9)4-3-5-7(8)10/h3-5H,2,10H2,1H3. The van der Waals surface area contributed by atoms with Crippen molar-refractivity contribution in [3.63, 3.8) is 0 Å². The summed E-state index contributed by atoms with van der Waals surface area (Å²) in [6.07, 6.45) is 0. The zero-order valence-electron chi connectivity index (χ0n) is 6.71. The van der Waals surface area contributed by atoms with Gasteiger partial charge in [0.2, 0.25) is 0 Å². The van der Waals surface area contributed by atoms with Crippen molar-refractivity contribution >= 4 is 28.1 Å². The first-order chi connectivity index (χ1) is 5.66. The fourth-order valence-electron chi connectivity index (χ4n) is 0.910. The molecule has 0 heterocycles. The lowest BCUT2D eigenvalue weighted by molar-refractivity contribution is 0.684. The van der Waals surface area contributed by atoms with E-state index in [0.717, 1.165) is 0 Å². The van der Waals surface area contributed by atoms with Gasteiger partial charge in [0, 0.05) is 11.4 Å². The largest absolute Gasteiger partial charge is 0.398 e. The number of anilines is 1. The van der Waals surface area contributed by atoms with Crippen LogP contribution in [0.3, 0.4) is 0 Å². The summed E-state index contributed by atoms with van der Waals surface area (Å²) >= 11 is 5.83. The summed E-state index contributed by atoms with van der Waals surface area (Å²) < 4.78 is 11.4. The number of hydrogen-bond acceptors (Lipinski definition) is 2. The van der Waals surface area contributed by atoms with E-state index in [9.17, 15) is 4.21 Å². The SMILES string of the molecule is CCS(=O)c1c(N)cccc1Cl. The van der Waals surface area contributed by atoms with Gasteiger partial charge in [-0.25, -0.2) is 0 Å². The van der Waals surface area contributed by atoms with E-state index in [-0.39, 0.29) is 0 Å². The molecule has 1 unspecified atom stereocenters. The summed E-state index contributed by atoms with van der Waals surface area (Å²) in [7, 11) is -1.07. The molecule has 0 spiro atoms. The predicted octanol–water partition coefficient (Wildman–Crippen LogP) is 2.05. The van der Waals surface area contributed by atoms with Crippen molar-refractivity contribution in [1.29, 1.82) is 0 Å². The van der Waals surface area contributed by atoms with Crippen LogP contribution >= 0.6 is 11.6 Å². The van der Waals surface area contributed by atoms with Gasteiger partial charge < -0.3 is 5.73 Å². The summed E-state index contributed by atoms with van der Waals surface area (Å²) in [4.78, 5) is 0.557. The highest BCUT2D eigenvalue weighted by molar-refractivity contribution is 7.85. The monoisotopic (exact) mass is 203 g/mol. The van der Waals surface area contributed by atoms with E-state index < -0.39 is 10.8 Å². The first-order valence-electron chi connectivity index (χ1n) is 3.59. The molecule has 4 heteroatoms. The Morgan fingerprint density at radius 1 is 1.58 bits per heavy atom. The van der Waals surface area contributed by atoms with E-state index in [1.165, 1.54) is 0 Å². The molecular formula is C8H10ClNOS. The van der Waals surface area contributed by atoms with Gasteiger partial charge in [0.25, 0.3) is 0 Å². The maximum atomic E-state index is 11.4. The van der Waals surface area contributed by atoms with Crippen LogP contribution in [0.2, 0.25) is 5.02 Å². The fraction of sp³-hybridized carbons (Fsp3) is 0.250. The second-order valence-electron chi connectivity index (χ2n) is 2.29. The molecule has 1 atom stereocenters. The van der Waals surface area contributed by atoms with Gasteiger partial charge in [-0.2, -0.15) is 0 Å². The molecule has 0 fully saturated rings. The normalized spacial score (nSPS) is 12.8. The highest BCUT2D eigenvalue weighted by Gasteiger charge is 2.09. The Hall–Kier alpha value is -0.540. The van der Waals surface area contributed by atoms with E-state index in [2.05, 4.69) is 0 Å². The van der Waals surface area contributed by atoms with Crippen molar-refractivity contribution < 1.29 is 4.21 Å². The number of nitrogens with two attached hydrogens (primary N) is 1. The van der Waals surface area contributed by atoms with Crippen LogP contribution in [0, 0.1) is 0 Å². The van der Waals surface area contributed by atoms with Gasteiger partial charge in [0.05, 0.1) is 20.7 Å². The van der Waals surface area contributed by atoms with E-state index >= 15 is 0 Å². The third kappa shape index (κ3) is 1.79. The predicted molar refractivity (Wildman–Crippen MR) is 52.8 cm³/mol. The summed E-state index contributed by atoms with van der Waals surface area (Å²) in [5, 5.41) is 0.482. The van der Waals surface area contributed by atoms with E-state index in [4.69, 9.17) is 17.3 Å². The summed E-state index contributed by atoms with van der Waals surface area (Å²) in [6, 6.07) is 5.14. The molecule has 0 aliphatic rings. The van der Waals surface area contributed by atoms with Crippen LogP contribution in [0.25, 0.3) is 0 Å². The van der Waals surface area contributed by atoms with Crippen LogP contribution in [0.15, 0.2) is 23.1 Å². The van der Waals surface area contributed by atoms with Crippen LogP contribution in [0.5, 0.6) is 0 Å². The maximum absolute atomic E-state index is 11.4. The molecule has 0 saturated carbocycles. The van der Waals surface area contributed by atoms with E-state index in [1.807, 2.05) is 6.92 Å². The zero-order chi connectivity index (χ0) is 9.14. The number of halogens is 1. The summed E-state index contributed by atoms with van der Waals surface area (Å²) in [5.74, 6) is 0.536. The average molecular weight is 204 g/mol. The van der Waals surface area contributed by atoms with Gasteiger partial charge in [-0.3, -0.25) is 4.21 Å². The first-order valence-corrected chi connectivity index (χ1v) is 5.29. The fourth-order valence-corrected chi connectivity index (χ4v) is 2.26. The minimum absolute atomic E-state index is 0.482. The Labute approximate surface area is 79.2 Å². The maximum Gasteiger partial charge on any atom is 0.0803 e. The number of benzene rings is 1. The van der Waals surface area contributed by atoms with Gasteiger partial charge in [0.1, 0.15) is 0 Å².